The van der Waals surface area contributed by atoms with Crippen LogP contribution in [0.25, 0.3) is 11.3 Å². The first-order valence-electron chi connectivity index (χ1n) is 8.76. The molecule has 0 unspecified atom stereocenters. The third-order valence-corrected chi connectivity index (χ3v) is 5.91. The van der Waals surface area contributed by atoms with Gasteiger partial charge in [0.2, 0.25) is 15.9 Å². The Balaban J connectivity index is 1.75. The zero-order valence-electron chi connectivity index (χ0n) is 15.8. The first kappa shape index (κ1) is 22.8. The van der Waals surface area contributed by atoms with Crippen LogP contribution in [0, 0.1) is 0 Å². The minimum atomic E-state index is -4.48. The van der Waals surface area contributed by atoms with E-state index in [2.05, 4.69) is 10.3 Å². The molecule has 0 aliphatic rings. The maximum Gasteiger partial charge on any atom is 0.406 e. The number of aromatic nitrogens is 2. The Morgan fingerprint density at radius 1 is 1.13 bits per heavy atom. The topological polar surface area (TPSA) is 107 Å². The van der Waals surface area contributed by atoms with Crippen LogP contribution in [0.1, 0.15) is 0 Å². The average molecular weight is 470 g/mol. The number of hydrogen-bond acceptors (Lipinski definition) is 5. The summed E-state index contributed by atoms with van der Waals surface area (Å²) >= 11 is 0.837. The molecule has 0 radical (unpaired) electrons. The molecule has 1 amide bonds. The van der Waals surface area contributed by atoms with Crippen molar-refractivity contribution < 1.29 is 26.4 Å². The molecule has 7 nitrogen and oxygen atoms in total. The maximum atomic E-state index is 13.1. The number of halogens is 3. The van der Waals surface area contributed by atoms with Crippen molar-refractivity contribution in [3.63, 3.8) is 0 Å². The third-order valence-electron chi connectivity index (χ3n) is 4.00. The van der Waals surface area contributed by atoms with Crippen LogP contribution in [0.5, 0.6) is 0 Å². The number of rotatable bonds is 7. The van der Waals surface area contributed by atoms with Gasteiger partial charge in [0.05, 0.1) is 22.5 Å². The molecule has 0 atom stereocenters. The van der Waals surface area contributed by atoms with Crippen LogP contribution in [0.3, 0.4) is 0 Å². The molecule has 3 N–H and O–H groups in total. The quantitative estimate of drug-likeness (QED) is 0.514. The Bertz CT molecular complexity index is 1180. The van der Waals surface area contributed by atoms with Gasteiger partial charge in [0.15, 0.2) is 5.16 Å². The molecule has 0 aliphatic carbocycles. The van der Waals surface area contributed by atoms with Gasteiger partial charge in [-0.05, 0) is 23.8 Å². The Hall–Kier alpha value is -2.83. The molecule has 0 fully saturated rings. The summed E-state index contributed by atoms with van der Waals surface area (Å²) in [6.45, 7) is -1.25. The van der Waals surface area contributed by atoms with Crippen molar-refractivity contribution in [3.05, 3.63) is 60.8 Å². The highest BCUT2D eigenvalue weighted by Crippen LogP contribution is 2.30. The first-order chi connectivity index (χ1) is 14.5. The van der Waals surface area contributed by atoms with E-state index in [0.717, 1.165) is 16.3 Å². The second kappa shape index (κ2) is 9.12. The standard InChI is InChI=1S/C19H17F3N4O3S2/c20-19(21,22)12-26-16(13-5-2-1-3-6-13)10-24-18(26)30-11-17(27)25-14-7-4-8-15(9-14)31(23,28)29/h1-10H,11-12H2,(H,25,27)(H2,23,28,29). The van der Waals surface area contributed by atoms with E-state index in [0.29, 0.717) is 5.56 Å². The lowest BCUT2D eigenvalue weighted by molar-refractivity contribution is -0.141. The molecule has 0 aliphatic heterocycles. The van der Waals surface area contributed by atoms with E-state index in [1.54, 1.807) is 30.3 Å². The Labute approximate surface area is 180 Å². The van der Waals surface area contributed by atoms with Crippen LogP contribution in [0.2, 0.25) is 0 Å². The zero-order valence-corrected chi connectivity index (χ0v) is 17.5. The lowest BCUT2D eigenvalue weighted by Crippen LogP contribution is -2.20. The Kier molecular flexibility index (Phi) is 6.72. The molecule has 0 bridgehead atoms. The predicted octanol–water partition coefficient (Wildman–Crippen LogP) is 3.49. The first-order valence-corrected chi connectivity index (χ1v) is 11.3. The minimum absolute atomic E-state index is 0.0321. The number of alkyl halides is 3. The molecule has 0 saturated carbocycles. The van der Waals surface area contributed by atoms with Crippen molar-refractivity contribution in [3.8, 4) is 11.3 Å². The molecule has 3 rings (SSSR count). The number of thioether (sulfide) groups is 1. The highest BCUT2D eigenvalue weighted by atomic mass is 32.2. The van der Waals surface area contributed by atoms with Crippen molar-refractivity contribution >= 4 is 33.4 Å². The minimum Gasteiger partial charge on any atom is -0.325 e. The molecule has 0 saturated heterocycles. The van der Waals surface area contributed by atoms with E-state index >= 15 is 0 Å². The summed E-state index contributed by atoms with van der Waals surface area (Å²) in [5, 5.41) is 7.58. The zero-order chi connectivity index (χ0) is 22.6. The second-order valence-electron chi connectivity index (χ2n) is 6.40. The van der Waals surface area contributed by atoms with Crippen LogP contribution in [0.4, 0.5) is 18.9 Å². The van der Waals surface area contributed by atoms with Gasteiger partial charge in [-0.25, -0.2) is 18.5 Å². The van der Waals surface area contributed by atoms with Crippen molar-refractivity contribution in [2.75, 3.05) is 11.1 Å². The number of carbonyl (C=O) groups excluding carboxylic acids is 1. The van der Waals surface area contributed by atoms with Crippen molar-refractivity contribution in [2.45, 2.75) is 22.8 Å². The fraction of sp³-hybridized carbons (Fsp3) is 0.158. The van der Waals surface area contributed by atoms with Crippen LogP contribution >= 0.6 is 11.8 Å². The number of nitrogens with zero attached hydrogens (tertiary/aromatic N) is 2. The van der Waals surface area contributed by atoms with E-state index in [9.17, 15) is 26.4 Å². The van der Waals surface area contributed by atoms with Gasteiger partial charge in [-0.1, -0.05) is 48.2 Å². The highest BCUT2D eigenvalue weighted by Gasteiger charge is 2.31. The van der Waals surface area contributed by atoms with Crippen LogP contribution in [0.15, 0.2) is 70.8 Å². The van der Waals surface area contributed by atoms with E-state index in [1.807, 2.05) is 0 Å². The number of anilines is 1. The van der Waals surface area contributed by atoms with E-state index in [4.69, 9.17) is 5.14 Å². The lowest BCUT2D eigenvalue weighted by atomic mass is 10.2. The van der Waals surface area contributed by atoms with Gasteiger partial charge in [-0.3, -0.25) is 4.79 Å². The largest absolute Gasteiger partial charge is 0.406 e. The lowest BCUT2D eigenvalue weighted by Gasteiger charge is -2.14. The molecular weight excluding hydrogens is 453 g/mol. The summed E-state index contributed by atoms with van der Waals surface area (Å²) in [7, 11) is -3.94. The number of benzene rings is 2. The van der Waals surface area contributed by atoms with Gasteiger partial charge in [-0.15, -0.1) is 0 Å². The fourth-order valence-corrected chi connectivity index (χ4v) is 4.06. The van der Waals surface area contributed by atoms with Crippen LogP contribution in [-0.4, -0.2) is 35.8 Å². The van der Waals surface area contributed by atoms with E-state index in [-0.39, 0.29) is 27.2 Å². The summed E-state index contributed by atoms with van der Waals surface area (Å²) in [5.41, 5.74) is 1.04. The molecule has 1 aromatic heterocycles. The number of hydrogen-bond donors (Lipinski definition) is 2. The molecular formula is C19H17F3N4O3S2. The normalized spacial score (nSPS) is 12.0. The second-order valence-corrected chi connectivity index (χ2v) is 8.91. The third kappa shape index (κ3) is 6.32. The monoisotopic (exact) mass is 470 g/mol. The smallest absolute Gasteiger partial charge is 0.325 e. The van der Waals surface area contributed by atoms with Gasteiger partial charge in [0.25, 0.3) is 0 Å². The number of sulfonamides is 1. The summed E-state index contributed by atoms with van der Waals surface area (Å²) in [5.74, 6) is -0.776. The molecule has 3 aromatic rings. The molecule has 1 heterocycles. The summed E-state index contributed by atoms with van der Waals surface area (Å²) < 4.78 is 63.2. The van der Waals surface area contributed by atoms with Gasteiger partial charge in [-0.2, -0.15) is 13.2 Å². The summed E-state index contributed by atoms with van der Waals surface area (Å²) in [6, 6.07) is 13.8. The average Bonchev–Trinajstić information content (AvgIpc) is 3.07. The number of imidazole rings is 1. The number of nitrogens with two attached hydrogens (primary N) is 1. The Morgan fingerprint density at radius 2 is 1.84 bits per heavy atom. The van der Waals surface area contributed by atoms with Gasteiger partial charge < -0.3 is 9.88 Å². The summed E-state index contributed by atoms with van der Waals surface area (Å²) in [4.78, 5) is 16.1. The number of amides is 1. The molecule has 12 heteroatoms. The van der Waals surface area contributed by atoms with E-state index in [1.165, 1.54) is 30.5 Å². The maximum absolute atomic E-state index is 13.1. The Morgan fingerprint density at radius 3 is 2.48 bits per heavy atom. The van der Waals surface area contributed by atoms with Crippen molar-refractivity contribution in [1.82, 2.24) is 9.55 Å². The number of primary sulfonamides is 1. The van der Waals surface area contributed by atoms with Crippen molar-refractivity contribution in [1.29, 1.82) is 0 Å². The predicted molar refractivity (Wildman–Crippen MR) is 111 cm³/mol. The van der Waals surface area contributed by atoms with Gasteiger partial charge in [0, 0.05) is 5.69 Å². The van der Waals surface area contributed by atoms with Gasteiger partial charge >= 0.3 is 6.18 Å². The highest BCUT2D eigenvalue weighted by molar-refractivity contribution is 7.99. The number of carbonyl (C=O) groups is 1. The van der Waals surface area contributed by atoms with Crippen molar-refractivity contribution in [2.24, 2.45) is 5.14 Å². The molecule has 31 heavy (non-hydrogen) atoms. The van der Waals surface area contributed by atoms with E-state index < -0.39 is 28.7 Å². The summed E-state index contributed by atoms with van der Waals surface area (Å²) in [6.07, 6.45) is -3.15. The van der Waals surface area contributed by atoms with Crippen LogP contribution < -0.4 is 10.5 Å². The van der Waals surface area contributed by atoms with Crippen LogP contribution in [-0.2, 0) is 21.4 Å². The molecule has 0 spiro atoms. The fourth-order valence-electron chi connectivity index (χ4n) is 2.72. The van der Waals surface area contributed by atoms with Gasteiger partial charge in [0.1, 0.15) is 6.54 Å². The SMILES string of the molecule is NS(=O)(=O)c1cccc(NC(=O)CSc2ncc(-c3ccccc3)n2CC(F)(F)F)c1. The molecule has 164 valence electrons. The number of nitrogens with one attached hydrogen (secondary N) is 1. The molecule has 2 aromatic carbocycles.